The third-order valence-corrected chi connectivity index (χ3v) is 3.59. The van der Waals surface area contributed by atoms with Crippen LogP contribution in [0.5, 0.6) is 11.5 Å². The van der Waals surface area contributed by atoms with Gasteiger partial charge in [0.2, 0.25) is 0 Å². The summed E-state index contributed by atoms with van der Waals surface area (Å²) in [6.45, 7) is 6.31. The molecule has 0 spiro atoms. The lowest BCUT2D eigenvalue weighted by molar-refractivity contribution is 0.210. The highest BCUT2D eigenvalue weighted by molar-refractivity contribution is 5.41. The standard InChI is InChI=1S/C14H22N2O2/c1-3-16(12-6-7-15-9-12)10-11-4-5-13(17)14(8-11)18-2/h4-5,8,12,15,17H,3,6-7,9-10H2,1-2H3. The Bertz CT molecular complexity index is 389. The average molecular weight is 250 g/mol. The van der Waals surface area contributed by atoms with Gasteiger partial charge in [0.15, 0.2) is 11.5 Å². The van der Waals surface area contributed by atoms with Gasteiger partial charge >= 0.3 is 0 Å². The van der Waals surface area contributed by atoms with E-state index in [4.69, 9.17) is 4.74 Å². The van der Waals surface area contributed by atoms with Crippen molar-refractivity contribution in [3.05, 3.63) is 23.8 Å². The Balaban J connectivity index is 2.06. The van der Waals surface area contributed by atoms with Crippen molar-refractivity contribution in [2.24, 2.45) is 0 Å². The zero-order valence-electron chi connectivity index (χ0n) is 11.1. The van der Waals surface area contributed by atoms with Gasteiger partial charge in [-0.05, 0) is 37.2 Å². The molecule has 0 amide bonds. The highest BCUT2D eigenvalue weighted by Gasteiger charge is 2.21. The van der Waals surface area contributed by atoms with Gasteiger partial charge in [-0.15, -0.1) is 0 Å². The molecule has 0 saturated carbocycles. The first-order valence-electron chi connectivity index (χ1n) is 6.55. The smallest absolute Gasteiger partial charge is 0.160 e. The summed E-state index contributed by atoms with van der Waals surface area (Å²) in [5, 5.41) is 13.0. The number of phenolic OH excluding ortho intramolecular Hbond substituents is 1. The van der Waals surface area contributed by atoms with Gasteiger partial charge in [-0.25, -0.2) is 0 Å². The molecule has 1 atom stereocenters. The Hall–Kier alpha value is -1.26. The zero-order valence-corrected chi connectivity index (χ0v) is 11.1. The Morgan fingerprint density at radius 1 is 1.50 bits per heavy atom. The Kier molecular flexibility index (Phi) is 4.44. The van der Waals surface area contributed by atoms with Gasteiger partial charge in [0.1, 0.15) is 0 Å². The van der Waals surface area contributed by atoms with Gasteiger partial charge in [0.05, 0.1) is 7.11 Å². The van der Waals surface area contributed by atoms with E-state index in [-0.39, 0.29) is 5.75 Å². The monoisotopic (exact) mass is 250 g/mol. The normalized spacial score (nSPS) is 19.4. The molecule has 4 nitrogen and oxygen atoms in total. The van der Waals surface area contributed by atoms with Crippen molar-refractivity contribution in [2.75, 3.05) is 26.7 Å². The predicted octanol–water partition coefficient (Wildman–Crippen LogP) is 1.58. The lowest BCUT2D eigenvalue weighted by Gasteiger charge is -2.27. The fourth-order valence-corrected chi connectivity index (χ4v) is 2.51. The van der Waals surface area contributed by atoms with Crippen molar-refractivity contribution in [1.29, 1.82) is 0 Å². The predicted molar refractivity (Wildman–Crippen MR) is 72.0 cm³/mol. The number of rotatable bonds is 5. The third kappa shape index (κ3) is 2.94. The Morgan fingerprint density at radius 3 is 2.94 bits per heavy atom. The number of nitrogens with zero attached hydrogens (tertiary/aromatic N) is 1. The van der Waals surface area contributed by atoms with Crippen molar-refractivity contribution in [3.63, 3.8) is 0 Å². The molecule has 100 valence electrons. The second-order valence-corrected chi connectivity index (χ2v) is 4.72. The topological polar surface area (TPSA) is 44.7 Å². The molecule has 1 saturated heterocycles. The van der Waals surface area contributed by atoms with Gasteiger partial charge in [-0.2, -0.15) is 0 Å². The quantitative estimate of drug-likeness (QED) is 0.833. The molecule has 0 aromatic heterocycles. The maximum Gasteiger partial charge on any atom is 0.160 e. The first-order chi connectivity index (χ1) is 8.74. The number of benzene rings is 1. The van der Waals surface area contributed by atoms with Gasteiger partial charge in [-0.1, -0.05) is 13.0 Å². The number of aromatic hydroxyl groups is 1. The fraction of sp³-hybridized carbons (Fsp3) is 0.571. The molecule has 4 heteroatoms. The molecule has 1 aromatic rings. The number of phenols is 1. The van der Waals surface area contributed by atoms with E-state index in [1.807, 2.05) is 12.1 Å². The summed E-state index contributed by atoms with van der Waals surface area (Å²) >= 11 is 0. The molecular formula is C14H22N2O2. The molecule has 2 rings (SSSR count). The summed E-state index contributed by atoms with van der Waals surface area (Å²) in [5.74, 6) is 0.750. The Labute approximate surface area is 109 Å². The van der Waals surface area contributed by atoms with Crippen LogP contribution in [0.25, 0.3) is 0 Å². The second kappa shape index (κ2) is 6.07. The van der Waals surface area contributed by atoms with Crippen LogP contribution in [0.1, 0.15) is 18.9 Å². The molecule has 0 bridgehead atoms. The fourth-order valence-electron chi connectivity index (χ4n) is 2.51. The summed E-state index contributed by atoms with van der Waals surface area (Å²) < 4.78 is 5.15. The van der Waals surface area contributed by atoms with Crippen LogP contribution in [-0.4, -0.2) is 42.8 Å². The summed E-state index contributed by atoms with van der Waals surface area (Å²) in [5.41, 5.74) is 1.18. The van der Waals surface area contributed by atoms with Crippen LogP contribution < -0.4 is 10.1 Å². The Morgan fingerprint density at radius 2 is 2.33 bits per heavy atom. The van der Waals surface area contributed by atoms with Gasteiger partial charge in [-0.3, -0.25) is 4.90 Å². The maximum atomic E-state index is 9.59. The van der Waals surface area contributed by atoms with Crippen molar-refractivity contribution < 1.29 is 9.84 Å². The number of methoxy groups -OCH3 is 1. The number of likely N-dealkylation sites (N-methyl/N-ethyl adjacent to an activating group) is 1. The SMILES string of the molecule is CCN(Cc1ccc(O)c(OC)c1)C1CCNC1. The van der Waals surface area contributed by atoms with Crippen molar-refractivity contribution in [2.45, 2.75) is 25.9 Å². The molecule has 0 radical (unpaired) electrons. The second-order valence-electron chi connectivity index (χ2n) is 4.72. The first kappa shape index (κ1) is 13.2. The minimum absolute atomic E-state index is 0.201. The molecule has 2 N–H and O–H groups in total. The van der Waals surface area contributed by atoms with Gasteiger partial charge < -0.3 is 15.2 Å². The van der Waals surface area contributed by atoms with Crippen LogP contribution in [0.2, 0.25) is 0 Å². The van der Waals surface area contributed by atoms with Crippen LogP contribution in [0.15, 0.2) is 18.2 Å². The van der Waals surface area contributed by atoms with Gasteiger partial charge in [0.25, 0.3) is 0 Å². The van der Waals surface area contributed by atoms with Crippen molar-refractivity contribution >= 4 is 0 Å². The molecule has 1 aliphatic heterocycles. The van der Waals surface area contributed by atoms with E-state index in [9.17, 15) is 5.11 Å². The average Bonchev–Trinajstić information content (AvgIpc) is 2.91. The highest BCUT2D eigenvalue weighted by Crippen LogP contribution is 2.27. The van der Waals surface area contributed by atoms with Crippen LogP contribution >= 0.6 is 0 Å². The molecule has 1 heterocycles. The summed E-state index contributed by atoms with van der Waals surface area (Å²) in [6.07, 6.45) is 1.21. The van der Waals surface area contributed by atoms with Crippen LogP contribution in [0.3, 0.4) is 0 Å². The van der Waals surface area contributed by atoms with Crippen LogP contribution in [0.4, 0.5) is 0 Å². The maximum absolute atomic E-state index is 9.59. The van der Waals surface area contributed by atoms with Gasteiger partial charge in [0, 0.05) is 19.1 Å². The number of hydrogen-bond donors (Lipinski definition) is 2. The molecular weight excluding hydrogens is 228 g/mol. The van der Waals surface area contributed by atoms with Crippen LogP contribution in [0, 0.1) is 0 Å². The molecule has 18 heavy (non-hydrogen) atoms. The lowest BCUT2D eigenvalue weighted by atomic mass is 10.1. The summed E-state index contributed by atoms with van der Waals surface area (Å²) in [7, 11) is 1.58. The molecule has 1 unspecified atom stereocenters. The lowest BCUT2D eigenvalue weighted by Crippen LogP contribution is -2.36. The van der Waals surface area contributed by atoms with E-state index in [1.54, 1.807) is 13.2 Å². The minimum Gasteiger partial charge on any atom is -0.504 e. The largest absolute Gasteiger partial charge is 0.504 e. The molecule has 0 aliphatic carbocycles. The zero-order chi connectivity index (χ0) is 13.0. The van der Waals surface area contributed by atoms with E-state index < -0.39 is 0 Å². The highest BCUT2D eigenvalue weighted by atomic mass is 16.5. The summed E-state index contributed by atoms with van der Waals surface area (Å²) in [6, 6.07) is 6.20. The molecule has 1 aromatic carbocycles. The number of hydrogen-bond acceptors (Lipinski definition) is 4. The van der Waals surface area contributed by atoms with Crippen molar-refractivity contribution in [3.8, 4) is 11.5 Å². The van der Waals surface area contributed by atoms with E-state index in [0.717, 1.165) is 26.2 Å². The number of ether oxygens (including phenoxy) is 1. The molecule has 1 aliphatic rings. The summed E-state index contributed by atoms with van der Waals surface area (Å²) in [4.78, 5) is 2.46. The minimum atomic E-state index is 0.201. The van der Waals surface area contributed by atoms with Crippen molar-refractivity contribution in [1.82, 2.24) is 10.2 Å². The van der Waals surface area contributed by atoms with E-state index in [2.05, 4.69) is 17.1 Å². The third-order valence-electron chi connectivity index (χ3n) is 3.59. The molecule has 1 fully saturated rings. The number of nitrogens with one attached hydrogen (secondary N) is 1. The first-order valence-corrected chi connectivity index (χ1v) is 6.55. The van der Waals surface area contributed by atoms with Crippen LogP contribution in [-0.2, 0) is 6.54 Å². The van der Waals surface area contributed by atoms with E-state index >= 15 is 0 Å². The van der Waals surface area contributed by atoms with E-state index in [0.29, 0.717) is 11.8 Å². The van der Waals surface area contributed by atoms with E-state index in [1.165, 1.54) is 12.0 Å².